The summed E-state index contributed by atoms with van der Waals surface area (Å²) in [6.07, 6.45) is 9.12. The second kappa shape index (κ2) is 5.76. The van der Waals surface area contributed by atoms with Gasteiger partial charge >= 0.3 is 0 Å². The first kappa shape index (κ1) is 15.9. The lowest BCUT2D eigenvalue weighted by Crippen LogP contribution is -2.40. The molecule has 0 amide bonds. The molecule has 1 saturated carbocycles. The smallest absolute Gasteiger partial charge is 0.176 e. The van der Waals surface area contributed by atoms with Gasteiger partial charge in [0.25, 0.3) is 0 Å². The van der Waals surface area contributed by atoms with Crippen molar-refractivity contribution in [3.8, 4) is 12.1 Å². The van der Waals surface area contributed by atoms with Gasteiger partial charge in [-0.05, 0) is 30.5 Å². The number of carbonyl (C=O) groups excluding carboxylic acids is 1. The number of hydrogen-bond acceptors (Lipinski definition) is 4. The van der Waals surface area contributed by atoms with Crippen LogP contribution in [-0.4, -0.2) is 22.8 Å². The SMILES string of the molecule is N#CC1(C#N)C(c2ccccc2Cl)C(C(=O)C2CC2)N2C=CC=CC21. The maximum absolute atomic E-state index is 13.1. The number of Topliss-reactive ketones (excluding diaryl/α,β-unsaturated/α-hetero) is 1. The Labute approximate surface area is 151 Å². The van der Waals surface area contributed by atoms with Crippen LogP contribution >= 0.6 is 11.6 Å². The Bertz CT molecular complexity index is 858. The van der Waals surface area contributed by atoms with Crippen LogP contribution in [0.5, 0.6) is 0 Å². The van der Waals surface area contributed by atoms with E-state index in [0.717, 1.165) is 12.8 Å². The Morgan fingerprint density at radius 2 is 1.92 bits per heavy atom. The number of hydrogen-bond donors (Lipinski definition) is 0. The zero-order valence-corrected chi connectivity index (χ0v) is 14.2. The molecule has 3 unspecified atom stereocenters. The highest BCUT2D eigenvalue weighted by Crippen LogP contribution is 2.55. The minimum absolute atomic E-state index is 0.0307. The van der Waals surface area contributed by atoms with E-state index in [1.165, 1.54) is 0 Å². The van der Waals surface area contributed by atoms with Gasteiger partial charge in [-0.15, -0.1) is 0 Å². The van der Waals surface area contributed by atoms with Gasteiger partial charge in [0.05, 0.1) is 24.2 Å². The standard InChI is InChI=1S/C20H16ClN3O/c21-15-6-2-1-5-14(15)17-18(19(25)13-8-9-13)24-10-4-3-7-16(24)20(17,11-22)12-23/h1-7,10,13,16-18H,8-9H2. The third-order valence-electron chi connectivity index (χ3n) is 5.46. The third kappa shape index (κ3) is 2.22. The van der Waals surface area contributed by atoms with Gasteiger partial charge in [-0.3, -0.25) is 4.79 Å². The number of nitrogens with zero attached hydrogens (tertiary/aromatic N) is 3. The molecule has 2 fully saturated rings. The first-order valence-corrected chi connectivity index (χ1v) is 8.75. The Kier molecular flexibility index (Phi) is 3.67. The summed E-state index contributed by atoms with van der Waals surface area (Å²) in [7, 11) is 0. The zero-order chi connectivity index (χ0) is 17.6. The van der Waals surface area contributed by atoms with Crippen LogP contribution in [0.2, 0.25) is 5.02 Å². The van der Waals surface area contributed by atoms with Gasteiger partial charge in [0.15, 0.2) is 11.2 Å². The van der Waals surface area contributed by atoms with E-state index in [-0.39, 0.29) is 11.7 Å². The summed E-state index contributed by atoms with van der Waals surface area (Å²) in [6, 6.07) is 10.7. The van der Waals surface area contributed by atoms with Crippen LogP contribution in [0.15, 0.2) is 48.7 Å². The molecule has 2 aliphatic heterocycles. The lowest BCUT2D eigenvalue weighted by molar-refractivity contribution is -0.124. The van der Waals surface area contributed by atoms with Crippen LogP contribution in [0.1, 0.15) is 24.3 Å². The van der Waals surface area contributed by atoms with Gasteiger partial charge in [-0.1, -0.05) is 42.0 Å². The monoisotopic (exact) mass is 349 g/mol. The van der Waals surface area contributed by atoms with Crippen LogP contribution in [0, 0.1) is 34.0 Å². The lowest BCUT2D eigenvalue weighted by atomic mass is 9.69. The normalized spacial score (nSPS) is 28.9. The lowest BCUT2D eigenvalue weighted by Gasteiger charge is -2.29. The number of ketones is 1. The van der Waals surface area contributed by atoms with Gasteiger partial charge in [0, 0.05) is 23.1 Å². The fourth-order valence-corrected chi connectivity index (χ4v) is 4.38. The topological polar surface area (TPSA) is 67.9 Å². The summed E-state index contributed by atoms with van der Waals surface area (Å²) in [4.78, 5) is 15.0. The number of fused-ring (bicyclic) bond motifs is 1. The molecule has 3 atom stereocenters. The Morgan fingerprint density at radius 1 is 1.20 bits per heavy atom. The molecule has 0 N–H and O–H groups in total. The first-order valence-electron chi connectivity index (χ1n) is 8.37. The second-order valence-corrected chi connectivity index (χ2v) is 7.24. The predicted octanol–water partition coefficient (Wildman–Crippen LogP) is 3.57. The van der Waals surface area contributed by atoms with Crippen molar-refractivity contribution in [2.45, 2.75) is 30.8 Å². The number of carbonyl (C=O) groups is 1. The zero-order valence-electron chi connectivity index (χ0n) is 13.5. The molecule has 2 heterocycles. The summed E-state index contributed by atoms with van der Waals surface area (Å²) < 4.78 is 0. The maximum Gasteiger partial charge on any atom is 0.176 e. The molecule has 1 aromatic rings. The number of benzene rings is 1. The van der Waals surface area contributed by atoms with Gasteiger partial charge in [-0.2, -0.15) is 10.5 Å². The minimum atomic E-state index is -1.36. The van der Waals surface area contributed by atoms with Crippen molar-refractivity contribution in [1.82, 2.24) is 4.90 Å². The number of allylic oxidation sites excluding steroid dienone is 2. The van der Waals surface area contributed by atoms with Crippen molar-refractivity contribution in [3.05, 3.63) is 59.3 Å². The molecule has 0 aromatic heterocycles. The summed E-state index contributed by atoms with van der Waals surface area (Å²) >= 11 is 6.42. The van der Waals surface area contributed by atoms with E-state index in [1.807, 2.05) is 47.5 Å². The van der Waals surface area contributed by atoms with E-state index in [1.54, 1.807) is 6.07 Å². The number of rotatable bonds is 3. The molecule has 1 saturated heterocycles. The average Bonchev–Trinajstić information content (AvgIpc) is 3.44. The summed E-state index contributed by atoms with van der Waals surface area (Å²) in [5, 5.41) is 20.5. The van der Waals surface area contributed by atoms with Gasteiger partial charge in [0.1, 0.15) is 0 Å². The van der Waals surface area contributed by atoms with E-state index in [4.69, 9.17) is 11.6 Å². The molecule has 4 rings (SSSR count). The van der Waals surface area contributed by atoms with E-state index in [0.29, 0.717) is 10.6 Å². The van der Waals surface area contributed by atoms with Crippen LogP contribution in [0.3, 0.4) is 0 Å². The molecule has 1 aliphatic carbocycles. The number of nitriles is 2. The molecule has 1 aromatic carbocycles. The number of halogens is 1. The van der Waals surface area contributed by atoms with Crippen molar-refractivity contribution in [1.29, 1.82) is 10.5 Å². The van der Waals surface area contributed by atoms with Crippen LogP contribution in [0.25, 0.3) is 0 Å². The summed E-state index contributed by atoms with van der Waals surface area (Å²) in [5.41, 5.74) is -0.663. The molecule has 0 radical (unpaired) electrons. The van der Waals surface area contributed by atoms with Gasteiger partial charge < -0.3 is 4.90 Å². The molecular weight excluding hydrogens is 334 g/mol. The average molecular weight is 350 g/mol. The highest BCUT2D eigenvalue weighted by atomic mass is 35.5. The van der Waals surface area contributed by atoms with Crippen LogP contribution in [-0.2, 0) is 4.79 Å². The fourth-order valence-electron chi connectivity index (χ4n) is 4.13. The quantitative estimate of drug-likeness (QED) is 0.836. The molecule has 124 valence electrons. The van der Waals surface area contributed by atoms with E-state index in [9.17, 15) is 15.3 Å². The van der Waals surface area contributed by atoms with Gasteiger partial charge in [0.2, 0.25) is 0 Å². The van der Waals surface area contributed by atoms with E-state index < -0.39 is 23.4 Å². The van der Waals surface area contributed by atoms with Crippen LogP contribution < -0.4 is 0 Å². The Morgan fingerprint density at radius 3 is 2.56 bits per heavy atom. The second-order valence-electron chi connectivity index (χ2n) is 6.83. The first-order chi connectivity index (χ1) is 12.1. The Hall–Kier alpha value is -2.56. The summed E-state index contributed by atoms with van der Waals surface area (Å²) in [5.74, 6) is -0.438. The fraction of sp³-hybridized carbons (Fsp3) is 0.350. The molecule has 5 heteroatoms. The molecular formula is C20H16ClN3O. The third-order valence-corrected chi connectivity index (χ3v) is 5.80. The predicted molar refractivity (Wildman–Crippen MR) is 93.3 cm³/mol. The van der Waals surface area contributed by atoms with Crippen molar-refractivity contribution in [2.75, 3.05) is 0 Å². The Balaban J connectivity index is 1.94. The highest BCUT2D eigenvalue weighted by molar-refractivity contribution is 6.31. The minimum Gasteiger partial charge on any atom is -0.358 e. The van der Waals surface area contributed by atoms with Crippen molar-refractivity contribution >= 4 is 17.4 Å². The van der Waals surface area contributed by atoms with Crippen molar-refractivity contribution in [2.24, 2.45) is 11.3 Å². The van der Waals surface area contributed by atoms with E-state index in [2.05, 4.69) is 12.1 Å². The largest absolute Gasteiger partial charge is 0.358 e. The molecule has 4 nitrogen and oxygen atoms in total. The van der Waals surface area contributed by atoms with Gasteiger partial charge in [-0.25, -0.2) is 0 Å². The molecule has 0 bridgehead atoms. The summed E-state index contributed by atoms with van der Waals surface area (Å²) in [6.45, 7) is 0. The van der Waals surface area contributed by atoms with Crippen LogP contribution in [0.4, 0.5) is 0 Å². The maximum atomic E-state index is 13.1. The van der Waals surface area contributed by atoms with E-state index >= 15 is 0 Å². The molecule has 0 spiro atoms. The van der Waals surface area contributed by atoms with Crippen molar-refractivity contribution in [3.63, 3.8) is 0 Å². The molecule has 25 heavy (non-hydrogen) atoms. The highest BCUT2D eigenvalue weighted by Gasteiger charge is 2.63. The molecule has 3 aliphatic rings. The van der Waals surface area contributed by atoms with Crippen molar-refractivity contribution < 1.29 is 4.79 Å².